The van der Waals surface area contributed by atoms with Gasteiger partial charge in [-0.2, -0.15) is 0 Å². The van der Waals surface area contributed by atoms with Gasteiger partial charge in [-0.1, -0.05) is 38.3 Å². The van der Waals surface area contributed by atoms with Crippen LogP contribution in [0.15, 0.2) is 58.8 Å². The Labute approximate surface area is 445 Å². The van der Waals surface area contributed by atoms with Crippen LogP contribution in [0.25, 0.3) is 0 Å². The zero-order chi connectivity index (χ0) is 55.5. The van der Waals surface area contributed by atoms with E-state index in [0.717, 1.165) is 43.4 Å². The molecule has 2 amide bonds. The lowest BCUT2D eigenvalue weighted by Gasteiger charge is -2.33. The van der Waals surface area contributed by atoms with Gasteiger partial charge >= 0.3 is 12.2 Å². The van der Waals surface area contributed by atoms with Crippen molar-refractivity contribution >= 4 is 60.7 Å². The Morgan fingerprint density at radius 1 is 0.640 bits per heavy atom. The third-order valence-electron chi connectivity index (χ3n) is 12.6. The summed E-state index contributed by atoms with van der Waals surface area (Å²) in [6, 6.07) is 7.55. The number of sulfone groups is 2. The number of hydrogen-bond acceptors (Lipinski definition) is 16. The monoisotopic (exact) mass is 1110 g/mol. The third kappa shape index (κ3) is 16.7. The fourth-order valence-electron chi connectivity index (χ4n) is 7.83. The minimum absolute atomic E-state index is 0.00333. The topological polar surface area (TPSA) is 235 Å². The van der Waals surface area contributed by atoms with Crippen LogP contribution in [0.3, 0.4) is 0 Å². The van der Waals surface area contributed by atoms with E-state index < -0.39 is 47.8 Å². The molecule has 2 aliphatic heterocycles. The Morgan fingerprint density at radius 3 is 1.45 bits per heavy atom. The maximum Gasteiger partial charge on any atom is 0.410 e. The van der Waals surface area contributed by atoms with Gasteiger partial charge in [-0.3, -0.25) is 0 Å². The SMILES string of the molecule is CC.Cc1c(Cl)ncnc1OC1CCN(C(=O)OC(C)(C)C)CC1.Cc1c(Nc2ccc(S(=O)(=O)C3CCC3)cc2F)ncnc1OC1CCN(C(=O)OC(C)(C)C)CC1.Nc1ccc(S(=O)(=O)C2CCC2)cc1F. The summed E-state index contributed by atoms with van der Waals surface area (Å²) in [5.41, 5.74) is 5.68. The molecule has 414 valence electrons. The molecule has 4 heterocycles. The number of nitrogen functional groups attached to an aromatic ring is 1. The molecule has 4 fully saturated rings. The lowest BCUT2D eigenvalue weighted by atomic mass is 10.00. The number of hydrogen-bond donors (Lipinski definition) is 2. The van der Waals surface area contributed by atoms with Crippen molar-refractivity contribution in [1.82, 2.24) is 29.7 Å². The summed E-state index contributed by atoms with van der Waals surface area (Å²) in [4.78, 5) is 44.2. The van der Waals surface area contributed by atoms with Crippen LogP contribution >= 0.6 is 11.6 Å². The second-order valence-corrected chi connectivity index (χ2v) is 25.3. The highest BCUT2D eigenvalue weighted by Gasteiger charge is 2.35. The maximum atomic E-state index is 14.8. The van der Waals surface area contributed by atoms with Gasteiger partial charge in [-0.15, -0.1) is 0 Å². The van der Waals surface area contributed by atoms with Crippen molar-refractivity contribution in [2.45, 2.75) is 177 Å². The molecule has 2 aliphatic carbocycles. The van der Waals surface area contributed by atoms with E-state index in [1.807, 2.05) is 62.3 Å². The quantitative estimate of drug-likeness (QED) is 0.111. The summed E-state index contributed by atoms with van der Waals surface area (Å²) in [6.07, 6.45) is 9.10. The van der Waals surface area contributed by atoms with E-state index in [9.17, 15) is 35.2 Å². The first-order chi connectivity index (χ1) is 35.2. The van der Waals surface area contributed by atoms with Crippen LogP contribution in [0.5, 0.6) is 11.8 Å². The molecule has 2 aromatic carbocycles. The van der Waals surface area contributed by atoms with Gasteiger partial charge in [-0.25, -0.2) is 55.1 Å². The van der Waals surface area contributed by atoms with E-state index in [4.69, 9.17) is 36.3 Å². The average molecular weight is 1110 g/mol. The third-order valence-corrected chi connectivity index (χ3v) is 17.5. The minimum Gasteiger partial charge on any atom is -0.474 e. The van der Waals surface area contributed by atoms with Gasteiger partial charge < -0.3 is 39.8 Å². The molecule has 4 aliphatic rings. The molecule has 18 nitrogen and oxygen atoms in total. The Bertz CT molecular complexity index is 2810. The number of carbonyl (C=O) groups is 2. The summed E-state index contributed by atoms with van der Waals surface area (Å²) in [5, 5.41) is 2.57. The zero-order valence-electron chi connectivity index (χ0n) is 44.6. The van der Waals surface area contributed by atoms with Gasteiger partial charge in [0.1, 0.15) is 58.7 Å². The van der Waals surface area contributed by atoms with Crippen molar-refractivity contribution in [1.29, 1.82) is 0 Å². The Hall–Kier alpha value is -5.61. The summed E-state index contributed by atoms with van der Waals surface area (Å²) < 4.78 is 99.6. The largest absolute Gasteiger partial charge is 0.474 e. The highest BCUT2D eigenvalue weighted by atomic mass is 35.5. The molecule has 0 bridgehead atoms. The first kappa shape index (κ1) is 60.3. The van der Waals surface area contributed by atoms with E-state index in [1.54, 1.807) is 16.7 Å². The molecule has 2 aromatic heterocycles. The highest BCUT2D eigenvalue weighted by molar-refractivity contribution is 7.92. The number of carbonyl (C=O) groups excluding carboxylic acids is 2. The Morgan fingerprint density at radius 2 is 1.05 bits per heavy atom. The molecule has 0 atom stereocenters. The van der Waals surface area contributed by atoms with Gasteiger partial charge in [0.2, 0.25) is 11.8 Å². The molecular formula is C52H73ClF2N8O10S2. The normalized spacial score (nSPS) is 16.8. The molecule has 3 N–H and O–H groups in total. The number of halogens is 3. The molecule has 8 rings (SSSR count). The average Bonchev–Trinajstić information content (AvgIpc) is 3.29. The van der Waals surface area contributed by atoms with Crippen LogP contribution in [-0.4, -0.2) is 119 Å². The summed E-state index contributed by atoms with van der Waals surface area (Å²) in [7, 11) is -6.85. The van der Waals surface area contributed by atoms with Crippen LogP contribution in [0.1, 0.15) is 131 Å². The number of ether oxygens (including phenoxy) is 4. The van der Waals surface area contributed by atoms with Gasteiger partial charge in [-0.05, 0) is 117 Å². The van der Waals surface area contributed by atoms with E-state index >= 15 is 0 Å². The predicted octanol–water partition coefficient (Wildman–Crippen LogP) is 10.7. The van der Waals surface area contributed by atoms with E-state index in [-0.39, 0.29) is 50.8 Å². The van der Waals surface area contributed by atoms with Crippen molar-refractivity contribution < 1.29 is 54.2 Å². The minimum atomic E-state index is -3.51. The molecule has 0 radical (unpaired) electrons. The van der Waals surface area contributed by atoms with Gasteiger partial charge in [0.15, 0.2) is 19.7 Å². The molecule has 2 saturated carbocycles. The maximum absolute atomic E-state index is 14.8. The van der Waals surface area contributed by atoms with Gasteiger partial charge in [0, 0.05) is 57.4 Å². The number of anilines is 3. The number of nitrogens with zero attached hydrogens (tertiary/aromatic N) is 6. The summed E-state index contributed by atoms with van der Waals surface area (Å²) in [6.45, 7) is 20.9. The molecule has 0 spiro atoms. The van der Waals surface area contributed by atoms with Crippen LogP contribution in [0.2, 0.25) is 5.15 Å². The zero-order valence-corrected chi connectivity index (χ0v) is 47.0. The number of aromatic nitrogens is 4. The smallest absolute Gasteiger partial charge is 0.410 e. The van der Waals surface area contributed by atoms with E-state index in [1.165, 1.54) is 36.9 Å². The molecule has 4 aromatic rings. The van der Waals surface area contributed by atoms with Crippen LogP contribution in [0, 0.1) is 25.5 Å². The van der Waals surface area contributed by atoms with Crippen molar-refractivity contribution in [3.05, 3.63) is 77.0 Å². The molecule has 23 heteroatoms. The standard InChI is InChI=1S/C25H33FN4O5S.C15H22ClN3O3.C10H12FNO2S.C2H6/c1-16-22(29-21-9-8-19(14-20(21)26)36(32,33)18-6-5-7-18)27-15-28-23(16)34-17-10-12-30(13-11-17)24(31)35-25(2,3)4;1-10-12(16)17-9-18-13(10)21-11-5-7-19(8-6-11)14(20)22-15(2,3)4;11-9-6-8(4-5-10(9)12)15(13,14)7-2-1-3-7;1-2/h8-9,14-15,17-18H,5-7,10-13H2,1-4H3,(H,27,28,29);9,11H,5-8H2,1-4H3;4-7H,1-3,12H2;1-2H3. The highest BCUT2D eigenvalue weighted by Crippen LogP contribution is 2.35. The fraction of sp³-hybridized carbons (Fsp3) is 0.577. The summed E-state index contributed by atoms with van der Waals surface area (Å²) >= 11 is 5.96. The van der Waals surface area contributed by atoms with Gasteiger partial charge in [0.25, 0.3) is 0 Å². The lowest BCUT2D eigenvalue weighted by molar-refractivity contribution is 0.0111. The molecular weight excluding hydrogens is 1030 g/mol. The van der Waals surface area contributed by atoms with Crippen LogP contribution in [0.4, 0.5) is 35.6 Å². The predicted molar refractivity (Wildman–Crippen MR) is 283 cm³/mol. The van der Waals surface area contributed by atoms with Crippen molar-refractivity contribution in [3.8, 4) is 11.8 Å². The molecule has 75 heavy (non-hydrogen) atoms. The molecule has 2 saturated heterocycles. The number of piperidine rings is 2. The number of nitrogens with one attached hydrogen (secondary N) is 1. The van der Waals surface area contributed by atoms with Crippen molar-refractivity contribution in [2.75, 3.05) is 37.2 Å². The van der Waals surface area contributed by atoms with Gasteiger partial charge in [0.05, 0.1) is 37.2 Å². The number of benzene rings is 2. The second-order valence-electron chi connectivity index (χ2n) is 20.5. The second kappa shape index (κ2) is 26.0. The molecule has 0 unspecified atom stereocenters. The first-order valence-corrected chi connectivity index (χ1v) is 28.9. The summed E-state index contributed by atoms with van der Waals surface area (Å²) in [5.74, 6) is -0.107. The van der Waals surface area contributed by atoms with Crippen LogP contribution < -0.4 is 20.5 Å². The van der Waals surface area contributed by atoms with E-state index in [2.05, 4.69) is 25.3 Å². The number of rotatable bonds is 10. The number of nitrogens with two attached hydrogens (primary N) is 1. The number of amides is 2. The number of likely N-dealkylation sites (tertiary alicyclic amines) is 2. The van der Waals surface area contributed by atoms with Crippen LogP contribution in [-0.2, 0) is 29.1 Å². The fourth-order valence-corrected chi connectivity index (χ4v) is 11.7. The van der Waals surface area contributed by atoms with Crippen molar-refractivity contribution in [3.63, 3.8) is 0 Å². The van der Waals surface area contributed by atoms with E-state index in [0.29, 0.717) is 93.0 Å². The first-order valence-electron chi connectivity index (χ1n) is 25.4. The lowest BCUT2D eigenvalue weighted by Crippen LogP contribution is -2.44. The Kier molecular flexibility index (Phi) is 20.9. The Balaban J connectivity index is 0.000000226. The van der Waals surface area contributed by atoms with Crippen molar-refractivity contribution in [2.24, 2.45) is 0 Å².